The fraction of sp³-hybridized carbons (Fsp3) is 0.900. The summed E-state index contributed by atoms with van der Waals surface area (Å²) in [6.45, 7) is 1.94. The summed E-state index contributed by atoms with van der Waals surface area (Å²) in [6.07, 6.45) is -4.71. The molecule has 1 fully saturated rings. The van der Waals surface area contributed by atoms with Gasteiger partial charge in [0.05, 0.1) is 6.10 Å². The number of rotatable bonds is 3. The number of hydrogen-bond donors (Lipinski definition) is 1. The number of aliphatic hydroxyl groups is 1. The van der Waals surface area contributed by atoms with Crippen molar-refractivity contribution in [3.8, 4) is 0 Å². The van der Waals surface area contributed by atoms with Crippen LogP contribution in [-0.4, -0.2) is 40.8 Å². The molecule has 1 amide bonds. The molecule has 1 N–H and O–H groups in total. The van der Waals surface area contributed by atoms with Crippen molar-refractivity contribution >= 4 is 5.91 Å². The summed E-state index contributed by atoms with van der Waals surface area (Å²) in [5.74, 6) is -0.879. The van der Waals surface area contributed by atoms with Crippen LogP contribution in [-0.2, 0) is 4.79 Å². The molecule has 0 aliphatic carbocycles. The predicted molar refractivity (Wildman–Crippen MR) is 51.7 cm³/mol. The van der Waals surface area contributed by atoms with Crippen molar-refractivity contribution in [1.82, 2.24) is 4.90 Å². The maximum Gasteiger partial charge on any atom is 0.397 e. The van der Waals surface area contributed by atoms with Crippen LogP contribution in [0.5, 0.6) is 0 Å². The van der Waals surface area contributed by atoms with Gasteiger partial charge in [0.15, 0.2) is 0 Å². The van der Waals surface area contributed by atoms with E-state index in [1.807, 2.05) is 0 Å². The zero-order chi connectivity index (χ0) is 12.3. The van der Waals surface area contributed by atoms with Gasteiger partial charge in [-0.15, -0.1) is 0 Å². The Morgan fingerprint density at radius 2 is 2.19 bits per heavy atom. The van der Waals surface area contributed by atoms with E-state index in [1.54, 1.807) is 6.92 Å². The number of carbonyl (C=O) groups excluding carboxylic acids is 1. The molecule has 94 valence electrons. The zero-order valence-electron chi connectivity index (χ0n) is 9.13. The Labute approximate surface area is 92.2 Å². The molecule has 1 heterocycles. The van der Waals surface area contributed by atoms with E-state index < -0.39 is 24.6 Å². The lowest BCUT2D eigenvalue weighted by molar-refractivity contribution is -0.162. The van der Waals surface area contributed by atoms with Crippen LogP contribution >= 0.6 is 0 Å². The van der Waals surface area contributed by atoms with E-state index in [-0.39, 0.29) is 6.04 Å². The van der Waals surface area contributed by atoms with Crippen LogP contribution in [0.25, 0.3) is 0 Å². The van der Waals surface area contributed by atoms with Gasteiger partial charge >= 0.3 is 6.18 Å². The van der Waals surface area contributed by atoms with Gasteiger partial charge in [-0.05, 0) is 26.2 Å². The number of amides is 1. The normalized spacial score (nSPS) is 23.6. The minimum atomic E-state index is -4.45. The molecule has 0 radical (unpaired) electrons. The molecule has 1 saturated heterocycles. The Morgan fingerprint density at radius 1 is 1.56 bits per heavy atom. The second kappa shape index (κ2) is 5.03. The first kappa shape index (κ1) is 13.3. The number of halogens is 3. The highest BCUT2D eigenvalue weighted by Gasteiger charge is 2.37. The Bertz CT molecular complexity index is 253. The molecular weight excluding hydrogens is 223 g/mol. The summed E-state index contributed by atoms with van der Waals surface area (Å²) in [5, 5.41) is 9.18. The highest BCUT2D eigenvalue weighted by atomic mass is 19.4. The zero-order valence-corrected chi connectivity index (χ0v) is 9.13. The van der Waals surface area contributed by atoms with Crippen molar-refractivity contribution < 1.29 is 23.1 Å². The maximum absolute atomic E-state index is 12.1. The number of nitrogens with zero attached hydrogens (tertiary/aromatic N) is 1. The number of aliphatic hydroxyl groups excluding tert-OH is 1. The minimum absolute atomic E-state index is 0.241. The number of carbonyl (C=O) groups is 1. The summed E-state index contributed by atoms with van der Waals surface area (Å²) < 4.78 is 36.2. The minimum Gasteiger partial charge on any atom is -0.393 e. The van der Waals surface area contributed by atoms with Crippen LogP contribution < -0.4 is 0 Å². The Kier molecular flexibility index (Phi) is 4.18. The van der Waals surface area contributed by atoms with Gasteiger partial charge in [-0.2, -0.15) is 13.2 Å². The molecule has 0 aromatic carbocycles. The molecule has 0 bridgehead atoms. The molecule has 16 heavy (non-hydrogen) atoms. The molecule has 2 unspecified atom stereocenters. The van der Waals surface area contributed by atoms with Crippen molar-refractivity contribution in [3.63, 3.8) is 0 Å². The van der Waals surface area contributed by atoms with Crippen molar-refractivity contribution in [1.29, 1.82) is 0 Å². The first-order chi connectivity index (χ1) is 7.29. The average molecular weight is 239 g/mol. The van der Waals surface area contributed by atoms with E-state index in [4.69, 9.17) is 0 Å². The SMILES string of the molecule is CC(O)CC1CCCN1C(=O)CC(F)(F)F. The molecule has 6 heteroatoms. The molecule has 0 aromatic rings. The summed E-state index contributed by atoms with van der Waals surface area (Å²) in [4.78, 5) is 12.6. The molecule has 0 aromatic heterocycles. The van der Waals surface area contributed by atoms with Gasteiger partial charge in [0, 0.05) is 12.6 Å². The van der Waals surface area contributed by atoms with Crippen molar-refractivity contribution in [2.75, 3.05) is 6.54 Å². The van der Waals surface area contributed by atoms with E-state index in [0.29, 0.717) is 25.8 Å². The maximum atomic E-state index is 12.1. The topological polar surface area (TPSA) is 40.5 Å². The molecule has 1 aliphatic heterocycles. The number of alkyl halides is 3. The third-order valence-corrected chi connectivity index (χ3v) is 2.66. The lowest BCUT2D eigenvalue weighted by atomic mass is 10.1. The third kappa shape index (κ3) is 4.00. The number of likely N-dealkylation sites (tertiary alicyclic amines) is 1. The second-order valence-corrected chi connectivity index (χ2v) is 4.26. The monoisotopic (exact) mass is 239 g/mol. The van der Waals surface area contributed by atoms with E-state index in [2.05, 4.69) is 0 Å². The first-order valence-corrected chi connectivity index (χ1v) is 5.34. The van der Waals surface area contributed by atoms with Crippen LogP contribution in [0.15, 0.2) is 0 Å². The van der Waals surface area contributed by atoms with Crippen molar-refractivity contribution in [2.24, 2.45) is 0 Å². The molecule has 3 nitrogen and oxygen atoms in total. The fourth-order valence-corrected chi connectivity index (χ4v) is 2.08. The van der Waals surface area contributed by atoms with Gasteiger partial charge in [0.2, 0.25) is 5.91 Å². The summed E-state index contributed by atoms with van der Waals surface area (Å²) in [5.41, 5.74) is 0. The third-order valence-electron chi connectivity index (χ3n) is 2.66. The van der Waals surface area contributed by atoms with Crippen LogP contribution in [0, 0.1) is 0 Å². The lowest BCUT2D eigenvalue weighted by Crippen LogP contribution is -2.39. The first-order valence-electron chi connectivity index (χ1n) is 5.34. The van der Waals surface area contributed by atoms with Gasteiger partial charge in [0.1, 0.15) is 6.42 Å². The van der Waals surface area contributed by atoms with Crippen molar-refractivity contribution in [2.45, 2.75) is 50.9 Å². The highest BCUT2D eigenvalue weighted by Crippen LogP contribution is 2.26. The van der Waals surface area contributed by atoms with Crippen LogP contribution in [0.4, 0.5) is 13.2 Å². The van der Waals surface area contributed by atoms with Gasteiger partial charge in [-0.25, -0.2) is 0 Å². The quantitative estimate of drug-likeness (QED) is 0.814. The molecule has 1 rings (SSSR count). The number of hydrogen-bond acceptors (Lipinski definition) is 2. The van der Waals surface area contributed by atoms with E-state index in [0.717, 1.165) is 0 Å². The van der Waals surface area contributed by atoms with E-state index >= 15 is 0 Å². The van der Waals surface area contributed by atoms with E-state index in [9.17, 15) is 23.1 Å². The Balaban J connectivity index is 2.54. The molecule has 2 atom stereocenters. The largest absolute Gasteiger partial charge is 0.397 e. The van der Waals surface area contributed by atoms with Gasteiger partial charge in [-0.3, -0.25) is 4.79 Å². The fourth-order valence-electron chi connectivity index (χ4n) is 2.08. The molecule has 0 spiro atoms. The van der Waals surface area contributed by atoms with Gasteiger partial charge in [0.25, 0.3) is 0 Å². The predicted octanol–water partition coefficient (Wildman–Crippen LogP) is 1.70. The summed E-state index contributed by atoms with van der Waals surface area (Å²) in [6, 6.07) is -0.241. The average Bonchev–Trinajstić information content (AvgIpc) is 2.47. The van der Waals surface area contributed by atoms with Crippen LogP contribution in [0.2, 0.25) is 0 Å². The molecular formula is C10H16F3NO2. The summed E-state index contributed by atoms with van der Waals surface area (Å²) >= 11 is 0. The molecule has 1 aliphatic rings. The lowest BCUT2D eigenvalue weighted by Gasteiger charge is -2.26. The van der Waals surface area contributed by atoms with E-state index in [1.165, 1.54) is 4.90 Å². The standard InChI is InChI=1S/C10H16F3NO2/c1-7(15)5-8-3-2-4-14(8)9(16)6-10(11,12)13/h7-8,15H,2-6H2,1H3. The summed E-state index contributed by atoms with van der Waals surface area (Å²) in [7, 11) is 0. The Hall–Kier alpha value is -0.780. The van der Waals surface area contributed by atoms with Crippen molar-refractivity contribution in [3.05, 3.63) is 0 Å². The molecule has 0 saturated carbocycles. The smallest absolute Gasteiger partial charge is 0.393 e. The Morgan fingerprint density at radius 3 is 2.69 bits per heavy atom. The van der Waals surface area contributed by atoms with Gasteiger partial charge in [-0.1, -0.05) is 0 Å². The highest BCUT2D eigenvalue weighted by molar-refractivity contribution is 5.77. The second-order valence-electron chi connectivity index (χ2n) is 4.26. The van der Waals surface area contributed by atoms with Gasteiger partial charge < -0.3 is 10.0 Å². The van der Waals surface area contributed by atoms with Crippen LogP contribution in [0.1, 0.15) is 32.6 Å². The van der Waals surface area contributed by atoms with Crippen LogP contribution in [0.3, 0.4) is 0 Å².